The molecule has 0 N–H and O–H groups in total. The van der Waals surface area contributed by atoms with Crippen LogP contribution in [-0.2, 0) is 5.41 Å². The molecule has 28 heavy (non-hydrogen) atoms. The van der Waals surface area contributed by atoms with Crippen LogP contribution in [0.15, 0.2) is 53.3 Å². The van der Waals surface area contributed by atoms with E-state index in [1.165, 1.54) is 21.4 Å². The summed E-state index contributed by atoms with van der Waals surface area (Å²) < 4.78 is 7.31. The number of methoxy groups -OCH3 is 1. The molecule has 0 fully saturated rings. The number of nitrogens with zero attached hydrogens (tertiary/aromatic N) is 3. The minimum absolute atomic E-state index is 0.0892. The zero-order valence-corrected chi connectivity index (χ0v) is 17.1. The van der Waals surface area contributed by atoms with Crippen molar-refractivity contribution in [2.75, 3.05) is 7.11 Å². The van der Waals surface area contributed by atoms with Crippen LogP contribution < -0.4 is 14.8 Å². The highest BCUT2D eigenvalue weighted by Crippen LogP contribution is 2.25. The van der Waals surface area contributed by atoms with Crippen molar-refractivity contribution in [3.63, 3.8) is 0 Å². The van der Waals surface area contributed by atoms with Gasteiger partial charge in [-0.2, -0.15) is 9.50 Å². The number of rotatable bonds is 3. The first kappa shape index (κ1) is 18.4. The van der Waals surface area contributed by atoms with Crippen molar-refractivity contribution >= 4 is 22.4 Å². The molecule has 0 amide bonds. The summed E-state index contributed by atoms with van der Waals surface area (Å²) in [5, 5.41) is 4.43. The van der Waals surface area contributed by atoms with Crippen LogP contribution in [0.25, 0.3) is 22.4 Å². The van der Waals surface area contributed by atoms with E-state index in [1.54, 1.807) is 7.11 Å². The van der Waals surface area contributed by atoms with Crippen LogP contribution in [0.3, 0.4) is 0 Å². The molecule has 0 spiro atoms. The highest BCUT2D eigenvalue weighted by atomic mass is 32.1. The van der Waals surface area contributed by atoms with E-state index in [0.29, 0.717) is 15.3 Å². The third-order valence-electron chi connectivity index (χ3n) is 4.62. The fourth-order valence-electron chi connectivity index (χ4n) is 3.00. The summed E-state index contributed by atoms with van der Waals surface area (Å²) in [7, 11) is 1.62. The molecule has 142 valence electrons. The van der Waals surface area contributed by atoms with Gasteiger partial charge < -0.3 is 4.74 Å². The zero-order chi connectivity index (χ0) is 19.9. The molecule has 2 heterocycles. The van der Waals surface area contributed by atoms with Crippen molar-refractivity contribution < 1.29 is 4.74 Å². The maximum absolute atomic E-state index is 12.8. The first-order valence-corrected chi connectivity index (χ1v) is 9.84. The number of aromatic nitrogens is 3. The van der Waals surface area contributed by atoms with E-state index in [9.17, 15) is 4.79 Å². The lowest BCUT2D eigenvalue weighted by molar-refractivity contribution is 0.414. The second kappa shape index (κ2) is 6.87. The van der Waals surface area contributed by atoms with Crippen LogP contribution >= 0.6 is 11.3 Å². The molecule has 4 rings (SSSR count). The fourth-order valence-corrected chi connectivity index (χ4v) is 3.90. The summed E-state index contributed by atoms with van der Waals surface area (Å²) in [5.41, 5.74) is 2.92. The molecule has 2 aromatic heterocycles. The summed E-state index contributed by atoms with van der Waals surface area (Å²) >= 11 is 1.33. The topological polar surface area (TPSA) is 56.5 Å². The molecular formula is C22H21N3O2S. The lowest BCUT2D eigenvalue weighted by atomic mass is 9.87. The highest BCUT2D eigenvalue weighted by molar-refractivity contribution is 7.15. The van der Waals surface area contributed by atoms with E-state index < -0.39 is 0 Å². The van der Waals surface area contributed by atoms with Crippen LogP contribution in [-0.4, -0.2) is 21.7 Å². The minimum Gasteiger partial charge on any atom is -0.496 e. The van der Waals surface area contributed by atoms with Gasteiger partial charge >= 0.3 is 0 Å². The summed E-state index contributed by atoms with van der Waals surface area (Å²) in [6, 6.07) is 15.8. The van der Waals surface area contributed by atoms with Crippen LogP contribution in [0.1, 0.15) is 31.9 Å². The largest absolute Gasteiger partial charge is 0.496 e. The van der Waals surface area contributed by atoms with Crippen molar-refractivity contribution in [3.05, 3.63) is 74.5 Å². The monoisotopic (exact) mass is 391 g/mol. The fraction of sp³-hybridized carbons (Fsp3) is 0.227. The Morgan fingerprint density at radius 1 is 1.07 bits per heavy atom. The van der Waals surface area contributed by atoms with E-state index >= 15 is 0 Å². The van der Waals surface area contributed by atoms with Gasteiger partial charge in [-0.3, -0.25) is 4.79 Å². The molecule has 0 aliphatic carbocycles. The average molecular weight is 391 g/mol. The number of hydrogen-bond donors (Lipinski definition) is 0. The first-order chi connectivity index (χ1) is 13.4. The maximum Gasteiger partial charge on any atom is 0.291 e. The van der Waals surface area contributed by atoms with Gasteiger partial charge in [-0.05, 0) is 23.1 Å². The van der Waals surface area contributed by atoms with Gasteiger partial charge in [-0.1, -0.05) is 74.6 Å². The Bertz CT molecular complexity index is 1250. The van der Waals surface area contributed by atoms with Crippen molar-refractivity contribution in [2.24, 2.45) is 0 Å². The molecule has 0 saturated carbocycles. The van der Waals surface area contributed by atoms with E-state index in [0.717, 1.165) is 16.9 Å². The number of fused-ring (bicyclic) bond motifs is 1. The summed E-state index contributed by atoms with van der Waals surface area (Å²) in [6.07, 6.45) is 1.82. The number of para-hydroxylation sites is 1. The smallest absolute Gasteiger partial charge is 0.291 e. The normalized spacial score (nSPS) is 12.6. The third kappa shape index (κ3) is 3.31. The van der Waals surface area contributed by atoms with Gasteiger partial charge in [0.15, 0.2) is 5.82 Å². The highest BCUT2D eigenvalue weighted by Gasteiger charge is 2.15. The van der Waals surface area contributed by atoms with Crippen LogP contribution in [0, 0.1) is 0 Å². The number of hydrogen-bond acceptors (Lipinski definition) is 5. The Hall–Kier alpha value is -2.99. The van der Waals surface area contributed by atoms with Gasteiger partial charge in [-0.15, -0.1) is 5.10 Å². The van der Waals surface area contributed by atoms with Crippen LogP contribution in [0.5, 0.6) is 5.75 Å². The van der Waals surface area contributed by atoms with Gasteiger partial charge in [-0.25, -0.2) is 0 Å². The van der Waals surface area contributed by atoms with Crippen molar-refractivity contribution in [3.8, 4) is 17.1 Å². The Balaban J connectivity index is 1.74. The molecule has 0 unspecified atom stereocenters. The molecule has 0 radical (unpaired) electrons. The van der Waals surface area contributed by atoms with Gasteiger partial charge in [0, 0.05) is 11.1 Å². The van der Waals surface area contributed by atoms with Crippen molar-refractivity contribution in [1.29, 1.82) is 0 Å². The lowest BCUT2D eigenvalue weighted by Crippen LogP contribution is -2.23. The lowest BCUT2D eigenvalue weighted by Gasteiger charge is -2.18. The zero-order valence-electron chi connectivity index (χ0n) is 16.3. The van der Waals surface area contributed by atoms with E-state index in [2.05, 4.69) is 43.0 Å². The Kier molecular flexibility index (Phi) is 4.51. The predicted octanol–water partition coefficient (Wildman–Crippen LogP) is 3.67. The molecule has 0 aliphatic rings. The van der Waals surface area contributed by atoms with Crippen molar-refractivity contribution in [2.45, 2.75) is 26.2 Å². The molecule has 0 atom stereocenters. The van der Waals surface area contributed by atoms with Crippen LogP contribution in [0.4, 0.5) is 0 Å². The number of benzene rings is 2. The summed E-state index contributed by atoms with van der Waals surface area (Å²) in [4.78, 5) is 17.9. The average Bonchev–Trinajstić information content (AvgIpc) is 3.21. The SMILES string of the molecule is COc1ccccc1C=c1sc2nc(-c3ccc(C(C)(C)C)cc3)nn2c1=O. The van der Waals surface area contributed by atoms with Crippen molar-refractivity contribution in [1.82, 2.24) is 14.6 Å². The van der Waals surface area contributed by atoms with Gasteiger partial charge in [0.2, 0.25) is 4.96 Å². The minimum atomic E-state index is -0.170. The van der Waals surface area contributed by atoms with E-state index in [-0.39, 0.29) is 11.0 Å². The van der Waals surface area contributed by atoms with Crippen LogP contribution in [0.2, 0.25) is 0 Å². The Labute approximate surface area is 166 Å². The summed E-state index contributed by atoms with van der Waals surface area (Å²) in [6.45, 7) is 6.53. The molecule has 0 saturated heterocycles. The molecule has 0 bridgehead atoms. The number of thiazole rings is 1. The molecule has 6 heteroatoms. The second-order valence-corrected chi connectivity index (χ2v) is 8.62. The first-order valence-electron chi connectivity index (χ1n) is 9.02. The third-order valence-corrected chi connectivity index (χ3v) is 5.58. The maximum atomic E-state index is 12.8. The summed E-state index contributed by atoms with van der Waals surface area (Å²) in [5.74, 6) is 1.29. The molecule has 5 nitrogen and oxygen atoms in total. The van der Waals surface area contributed by atoms with Gasteiger partial charge in [0.25, 0.3) is 5.56 Å². The second-order valence-electron chi connectivity index (χ2n) is 7.61. The molecule has 4 aromatic rings. The van der Waals surface area contributed by atoms with Gasteiger partial charge in [0.05, 0.1) is 11.6 Å². The molecule has 2 aromatic carbocycles. The quantitative estimate of drug-likeness (QED) is 0.535. The number of ether oxygens (including phenoxy) is 1. The predicted molar refractivity (Wildman–Crippen MR) is 113 cm³/mol. The van der Waals surface area contributed by atoms with Gasteiger partial charge in [0.1, 0.15) is 5.75 Å². The molecular weight excluding hydrogens is 370 g/mol. The van der Waals surface area contributed by atoms with E-state index in [1.807, 2.05) is 42.5 Å². The Morgan fingerprint density at radius 2 is 1.79 bits per heavy atom. The van der Waals surface area contributed by atoms with E-state index in [4.69, 9.17) is 4.74 Å². The standard InChI is InChI=1S/C22H21N3O2S/c1-22(2,3)16-11-9-14(10-12-16)19-23-21-25(24-19)20(26)18(28-21)13-15-7-5-6-8-17(15)27-4/h5-13H,1-4H3. The Morgan fingerprint density at radius 3 is 2.43 bits per heavy atom. The molecule has 0 aliphatic heterocycles.